The van der Waals surface area contributed by atoms with Crippen molar-refractivity contribution in [2.24, 2.45) is 0 Å². The minimum Gasteiger partial charge on any atom is -0.305 e. The number of benzene rings is 1. The average molecular weight is 297 g/mol. The molecule has 110 valence electrons. The summed E-state index contributed by atoms with van der Waals surface area (Å²) in [6.07, 6.45) is 7.85. The lowest BCUT2D eigenvalue weighted by Crippen LogP contribution is -2.17. The second-order valence-electron chi connectivity index (χ2n) is 6.50. The summed E-state index contributed by atoms with van der Waals surface area (Å²) < 4.78 is 0. The number of fused-ring (bicyclic) bond motifs is 2. The van der Waals surface area contributed by atoms with Crippen molar-refractivity contribution >= 4 is 11.3 Å². The fraction of sp³-hybridized carbons (Fsp3) is 0.474. The Kier molecular flexibility index (Phi) is 3.60. The van der Waals surface area contributed by atoms with E-state index in [9.17, 15) is 0 Å². The highest BCUT2D eigenvalue weighted by Crippen LogP contribution is 2.31. The maximum atomic E-state index is 3.71. The summed E-state index contributed by atoms with van der Waals surface area (Å²) in [5, 5.41) is 3.71. The van der Waals surface area contributed by atoms with Crippen LogP contribution in [-0.4, -0.2) is 0 Å². The molecule has 1 unspecified atom stereocenters. The van der Waals surface area contributed by atoms with E-state index in [1.54, 1.807) is 21.6 Å². The van der Waals surface area contributed by atoms with E-state index in [4.69, 9.17) is 0 Å². The molecule has 0 amide bonds. The third kappa shape index (κ3) is 2.67. The van der Waals surface area contributed by atoms with Gasteiger partial charge >= 0.3 is 0 Å². The molecule has 0 fully saturated rings. The van der Waals surface area contributed by atoms with Gasteiger partial charge in [-0.2, -0.15) is 0 Å². The highest BCUT2D eigenvalue weighted by Gasteiger charge is 2.16. The van der Waals surface area contributed by atoms with Gasteiger partial charge in [0.2, 0.25) is 0 Å². The Bertz CT molecular complexity index is 634. The molecule has 0 saturated heterocycles. The predicted octanol–water partition coefficient (Wildman–Crippen LogP) is 4.58. The number of thiophene rings is 1. The molecule has 4 rings (SSSR count). The molecule has 0 radical (unpaired) electrons. The van der Waals surface area contributed by atoms with Crippen LogP contribution in [0.15, 0.2) is 24.3 Å². The molecular weight excluding hydrogens is 274 g/mol. The summed E-state index contributed by atoms with van der Waals surface area (Å²) in [6.45, 7) is 3.30. The van der Waals surface area contributed by atoms with Crippen molar-refractivity contribution in [1.82, 2.24) is 5.32 Å². The van der Waals surface area contributed by atoms with Gasteiger partial charge in [0.15, 0.2) is 0 Å². The van der Waals surface area contributed by atoms with Gasteiger partial charge in [0, 0.05) is 22.3 Å². The van der Waals surface area contributed by atoms with Crippen LogP contribution in [-0.2, 0) is 32.2 Å². The van der Waals surface area contributed by atoms with E-state index in [1.807, 2.05) is 11.3 Å². The van der Waals surface area contributed by atoms with Crippen molar-refractivity contribution in [3.05, 3.63) is 56.3 Å². The normalized spacial score (nSPS) is 17.8. The van der Waals surface area contributed by atoms with Gasteiger partial charge in [0.25, 0.3) is 0 Å². The number of hydrogen-bond acceptors (Lipinski definition) is 2. The van der Waals surface area contributed by atoms with Gasteiger partial charge in [-0.25, -0.2) is 0 Å². The molecule has 1 aromatic carbocycles. The summed E-state index contributed by atoms with van der Waals surface area (Å²) in [6, 6.07) is 9.95. The van der Waals surface area contributed by atoms with Crippen molar-refractivity contribution in [3.63, 3.8) is 0 Å². The Morgan fingerprint density at radius 3 is 2.71 bits per heavy atom. The number of aryl methyl sites for hydroxylation is 4. The Morgan fingerprint density at radius 2 is 1.81 bits per heavy atom. The van der Waals surface area contributed by atoms with E-state index in [-0.39, 0.29) is 0 Å². The van der Waals surface area contributed by atoms with Gasteiger partial charge in [0.05, 0.1) is 0 Å². The van der Waals surface area contributed by atoms with E-state index in [0.717, 1.165) is 6.54 Å². The van der Waals surface area contributed by atoms with Gasteiger partial charge in [-0.1, -0.05) is 18.2 Å². The summed E-state index contributed by atoms with van der Waals surface area (Å²) in [7, 11) is 0. The van der Waals surface area contributed by atoms with E-state index >= 15 is 0 Å². The third-order valence-electron chi connectivity index (χ3n) is 5.00. The smallest absolute Gasteiger partial charge is 0.0305 e. The van der Waals surface area contributed by atoms with E-state index < -0.39 is 0 Å². The van der Waals surface area contributed by atoms with E-state index in [2.05, 4.69) is 36.5 Å². The summed E-state index contributed by atoms with van der Waals surface area (Å²) >= 11 is 2.02. The fourth-order valence-corrected chi connectivity index (χ4v) is 4.92. The van der Waals surface area contributed by atoms with Crippen molar-refractivity contribution < 1.29 is 0 Å². The molecule has 2 heteroatoms. The first-order chi connectivity index (χ1) is 10.3. The molecule has 1 nitrogen and oxygen atoms in total. The minimum absolute atomic E-state index is 0.438. The first-order valence-electron chi connectivity index (χ1n) is 8.25. The predicted molar refractivity (Wildman–Crippen MR) is 90.1 cm³/mol. The van der Waals surface area contributed by atoms with Crippen LogP contribution in [0.1, 0.15) is 57.8 Å². The molecule has 0 bridgehead atoms. The van der Waals surface area contributed by atoms with Crippen LogP contribution in [0.25, 0.3) is 0 Å². The summed E-state index contributed by atoms with van der Waals surface area (Å²) in [5.74, 6) is 0. The number of nitrogens with one attached hydrogen (secondary N) is 1. The van der Waals surface area contributed by atoms with Crippen molar-refractivity contribution in [2.45, 2.75) is 58.0 Å². The minimum atomic E-state index is 0.438. The molecular formula is C19H23NS. The van der Waals surface area contributed by atoms with Gasteiger partial charge < -0.3 is 5.32 Å². The van der Waals surface area contributed by atoms with Crippen molar-refractivity contribution in [2.75, 3.05) is 0 Å². The lowest BCUT2D eigenvalue weighted by molar-refractivity contribution is 0.578. The topological polar surface area (TPSA) is 12.0 Å². The van der Waals surface area contributed by atoms with Crippen LogP contribution in [0.2, 0.25) is 0 Å². The van der Waals surface area contributed by atoms with Gasteiger partial charge in [0.1, 0.15) is 0 Å². The van der Waals surface area contributed by atoms with Gasteiger partial charge in [-0.15, -0.1) is 11.3 Å². The molecule has 0 spiro atoms. The van der Waals surface area contributed by atoms with Gasteiger partial charge in [-0.3, -0.25) is 0 Å². The van der Waals surface area contributed by atoms with Crippen molar-refractivity contribution in [1.29, 1.82) is 0 Å². The fourth-order valence-electron chi connectivity index (χ4n) is 3.71. The second kappa shape index (κ2) is 5.58. The largest absolute Gasteiger partial charge is 0.305 e. The quantitative estimate of drug-likeness (QED) is 0.871. The number of rotatable bonds is 4. The van der Waals surface area contributed by atoms with Crippen LogP contribution < -0.4 is 5.32 Å². The lowest BCUT2D eigenvalue weighted by atomic mass is 10.0. The van der Waals surface area contributed by atoms with Crippen molar-refractivity contribution in [3.8, 4) is 0 Å². The maximum absolute atomic E-state index is 3.71. The summed E-state index contributed by atoms with van der Waals surface area (Å²) in [4.78, 5) is 3.14. The first-order valence-corrected chi connectivity index (χ1v) is 9.07. The molecule has 1 atom stereocenters. The van der Waals surface area contributed by atoms with E-state index in [0.29, 0.717) is 6.04 Å². The Balaban J connectivity index is 1.42. The molecule has 0 saturated carbocycles. The molecule has 1 heterocycles. The van der Waals surface area contributed by atoms with Crippen LogP contribution in [0, 0.1) is 0 Å². The highest BCUT2D eigenvalue weighted by molar-refractivity contribution is 7.12. The maximum Gasteiger partial charge on any atom is 0.0305 e. The molecule has 21 heavy (non-hydrogen) atoms. The number of hydrogen-bond donors (Lipinski definition) is 1. The van der Waals surface area contributed by atoms with Crippen LogP contribution in [0.5, 0.6) is 0 Å². The molecule has 1 N–H and O–H groups in total. The standard InChI is InChI=1S/C19H23NS/c1-13(15-9-8-14-4-2-5-16(14)10-15)20-12-18-11-17-6-3-7-19(17)21-18/h8-11,13,20H,2-7,12H2,1H3. The van der Waals surface area contributed by atoms with Crippen LogP contribution in [0.4, 0.5) is 0 Å². The summed E-state index contributed by atoms with van der Waals surface area (Å²) in [5.41, 5.74) is 6.21. The third-order valence-corrected chi connectivity index (χ3v) is 6.24. The highest BCUT2D eigenvalue weighted by atomic mass is 32.1. The molecule has 0 aliphatic heterocycles. The zero-order valence-corrected chi connectivity index (χ0v) is 13.6. The van der Waals surface area contributed by atoms with E-state index in [1.165, 1.54) is 49.0 Å². The zero-order chi connectivity index (χ0) is 14.2. The Morgan fingerprint density at radius 1 is 1.00 bits per heavy atom. The lowest BCUT2D eigenvalue weighted by Gasteiger charge is -2.15. The second-order valence-corrected chi connectivity index (χ2v) is 7.72. The van der Waals surface area contributed by atoms with Crippen LogP contribution >= 0.6 is 11.3 Å². The Hall–Kier alpha value is -1.12. The van der Waals surface area contributed by atoms with Gasteiger partial charge in [-0.05, 0) is 73.8 Å². The molecule has 2 aromatic rings. The van der Waals surface area contributed by atoms with Crippen LogP contribution in [0.3, 0.4) is 0 Å². The zero-order valence-electron chi connectivity index (χ0n) is 12.7. The molecule has 2 aliphatic carbocycles. The molecule has 2 aliphatic rings. The average Bonchev–Trinajstić information content (AvgIpc) is 3.18. The SMILES string of the molecule is CC(NCc1cc2c(s1)CCC2)c1ccc2c(c1)CCC2. The monoisotopic (exact) mass is 297 g/mol. The molecule has 1 aromatic heterocycles. The first kappa shape index (κ1) is 13.5. The Labute approximate surface area is 131 Å².